The molecule has 6 heteroatoms. The van der Waals surface area contributed by atoms with E-state index in [4.69, 9.17) is 0 Å². The molecule has 0 bridgehead atoms. The van der Waals surface area contributed by atoms with Gasteiger partial charge in [-0.15, -0.1) is 5.10 Å². The highest BCUT2D eigenvalue weighted by atomic mass is 16.2. The molecule has 3 rings (SSSR count). The van der Waals surface area contributed by atoms with Crippen LogP contribution in [-0.4, -0.2) is 20.9 Å². The van der Waals surface area contributed by atoms with E-state index in [0.717, 1.165) is 12.0 Å². The van der Waals surface area contributed by atoms with Crippen LogP contribution >= 0.6 is 0 Å². The Bertz CT molecular complexity index is 967. The van der Waals surface area contributed by atoms with Crippen molar-refractivity contribution >= 4 is 16.8 Å². The summed E-state index contributed by atoms with van der Waals surface area (Å²) in [7, 11) is 0. The van der Waals surface area contributed by atoms with Gasteiger partial charge in [0.2, 0.25) is 5.91 Å². The van der Waals surface area contributed by atoms with Crippen molar-refractivity contribution in [1.29, 1.82) is 0 Å². The second kappa shape index (κ2) is 8.58. The van der Waals surface area contributed by atoms with E-state index in [9.17, 15) is 9.59 Å². The van der Waals surface area contributed by atoms with Gasteiger partial charge in [-0.1, -0.05) is 61.5 Å². The zero-order valence-corrected chi connectivity index (χ0v) is 15.6. The summed E-state index contributed by atoms with van der Waals surface area (Å²) in [4.78, 5) is 24.9. The topological polar surface area (TPSA) is 76.9 Å². The maximum atomic E-state index is 12.5. The van der Waals surface area contributed by atoms with Gasteiger partial charge in [-0.2, -0.15) is 0 Å². The summed E-state index contributed by atoms with van der Waals surface area (Å²) in [5.74, 6) is 0.343. The predicted molar refractivity (Wildman–Crippen MR) is 105 cm³/mol. The summed E-state index contributed by atoms with van der Waals surface area (Å²) in [5, 5.41) is 11.6. The van der Waals surface area contributed by atoms with E-state index in [-0.39, 0.29) is 30.5 Å². The molecule has 1 N–H and O–H groups in total. The minimum absolute atomic E-state index is 0.0434. The zero-order chi connectivity index (χ0) is 19.2. The van der Waals surface area contributed by atoms with Crippen LogP contribution in [0.5, 0.6) is 0 Å². The van der Waals surface area contributed by atoms with E-state index < -0.39 is 0 Å². The van der Waals surface area contributed by atoms with E-state index in [1.165, 1.54) is 4.68 Å². The number of aromatic nitrogens is 3. The van der Waals surface area contributed by atoms with Crippen LogP contribution in [0.1, 0.15) is 38.3 Å². The Hall–Kier alpha value is -3.02. The second-order valence-corrected chi connectivity index (χ2v) is 7.05. The summed E-state index contributed by atoms with van der Waals surface area (Å²) in [6, 6.07) is 17.0. The number of nitrogens with one attached hydrogen (secondary N) is 1. The maximum Gasteiger partial charge on any atom is 0.277 e. The van der Waals surface area contributed by atoms with Crippen LogP contribution in [0, 0.1) is 5.92 Å². The molecule has 0 aliphatic heterocycles. The number of nitrogens with zero attached hydrogens (tertiary/aromatic N) is 3. The van der Waals surface area contributed by atoms with Crippen molar-refractivity contribution in [3.05, 3.63) is 70.5 Å². The van der Waals surface area contributed by atoms with Crippen LogP contribution in [-0.2, 0) is 11.3 Å². The first-order chi connectivity index (χ1) is 13.0. The highest BCUT2D eigenvalue weighted by Crippen LogP contribution is 2.21. The lowest BCUT2D eigenvalue weighted by Crippen LogP contribution is -2.32. The molecule has 3 aromatic rings. The Morgan fingerprint density at radius 3 is 2.52 bits per heavy atom. The summed E-state index contributed by atoms with van der Waals surface area (Å²) in [6.07, 6.45) is 1.03. The van der Waals surface area contributed by atoms with Gasteiger partial charge >= 0.3 is 0 Å². The van der Waals surface area contributed by atoms with Crippen LogP contribution in [0.15, 0.2) is 59.4 Å². The van der Waals surface area contributed by atoms with Crippen molar-refractivity contribution in [2.24, 2.45) is 5.92 Å². The van der Waals surface area contributed by atoms with E-state index >= 15 is 0 Å². The molecule has 0 saturated heterocycles. The molecule has 0 aliphatic carbocycles. The van der Waals surface area contributed by atoms with E-state index in [1.807, 2.05) is 36.4 Å². The average Bonchev–Trinajstić information content (AvgIpc) is 2.67. The third kappa shape index (κ3) is 4.78. The number of fused-ring (bicyclic) bond motifs is 1. The Morgan fingerprint density at radius 2 is 1.78 bits per heavy atom. The standard InChI is InChI=1S/C21H24N4O2/c1-15(2)14-19(16-8-4-3-5-9-16)22-20(26)12-13-25-21(27)17-10-6-7-11-18(17)23-24-25/h3-11,15,19H,12-14H2,1-2H3,(H,22,26). The molecule has 1 amide bonds. The lowest BCUT2D eigenvalue weighted by Gasteiger charge is -2.21. The smallest absolute Gasteiger partial charge is 0.277 e. The van der Waals surface area contributed by atoms with Gasteiger partial charge < -0.3 is 5.32 Å². The minimum atomic E-state index is -0.227. The van der Waals surface area contributed by atoms with Crippen molar-refractivity contribution < 1.29 is 4.79 Å². The average molecular weight is 364 g/mol. The minimum Gasteiger partial charge on any atom is -0.349 e. The number of rotatable bonds is 7. The number of benzene rings is 2. The summed E-state index contributed by atoms with van der Waals surface area (Å²) < 4.78 is 1.25. The zero-order valence-electron chi connectivity index (χ0n) is 15.6. The van der Waals surface area contributed by atoms with E-state index in [1.54, 1.807) is 18.2 Å². The monoisotopic (exact) mass is 364 g/mol. The van der Waals surface area contributed by atoms with E-state index in [0.29, 0.717) is 16.8 Å². The summed E-state index contributed by atoms with van der Waals surface area (Å²) >= 11 is 0. The van der Waals surface area contributed by atoms with Crippen molar-refractivity contribution in [2.45, 2.75) is 39.3 Å². The van der Waals surface area contributed by atoms with Crippen LogP contribution in [0.4, 0.5) is 0 Å². The van der Waals surface area contributed by atoms with Crippen LogP contribution in [0.3, 0.4) is 0 Å². The summed E-state index contributed by atoms with van der Waals surface area (Å²) in [6.45, 7) is 4.46. The first-order valence-electron chi connectivity index (χ1n) is 9.21. The molecule has 1 unspecified atom stereocenters. The molecule has 0 aliphatic rings. The van der Waals surface area contributed by atoms with Crippen molar-refractivity contribution in [3.63, 3.8) is 0 Å². The fourth-order valence-corrected chi connectivity index (χ4v) is 3.08. The Morgan fingerprint density at radius 1 is 1.07 bits per heavy atom. The number of hydrogen-bond acceptors (Lipinski definition) is 4. The molecule has 1 aromatic heterocycles. The van der Waals surface area contributed by atoms with Crippen molar-refractivity contribution in [3.8, 4) is 0 Å². The van der Waals surface area contributed by atoms with Gasteiger partial charge in [-0.25, -0.2) is 4.68 Å². The molecule has 27 heavy (non-hydrogen) atoms. The van der Waals surface area contributed by atoms with E-state index in [2.05, 4.69) is 29.5 Å². The van der Waals surface area contributed by atoms with Gasteiger partial charge in [0.1, 0.15) is 5.52 Å². The fraction of sp³-hybridized carbons (Fsp3) is 0.333. The molecule has 2 aromatic carbocycles. The SMILES string of the molecule is CC(C)CC(NC(=O)CCn1nnc2ccccc2c1=O)c1ccccc1. The lowest BCUT2D eigenvalue weighted by molar-refractivity contribution is -0.122. The molecule has 0 fully saturated rings. The molecule has 1 heterocycles. The third-order valence-electron chi connectivity index (χ3n) is 4.42. The van der Waals surface area contributed by atoms with Gasteiger partial charge in [0.15, 0.2) is 0 Å². The van der Waals surface area contributed by atoms with Crippen LogP contribution in [0.2, 0.25) is 0 Å². The molecule has 6 nitrogen and oxygen atoms in total. The number of amides is 1. The van der Waals surface area contributed by atoms with Gasteiger partial charge in [0, 0.05) is 6.42 Å². The van der Waals surface area contributed by atoms with Gasteiger partial charge in [-0.3, -0.25) is 9.59 Å². The number of carbonyl (C=O) groups is 1. The lowest BCUT2D eigenvalue weighted by atomic mass is 9.97. The molecular formula is C21H24N4O2. The fourth-order valence-electron chi connectivity index (χ4n) is 3.08. The molecule has 0 spiro atoms. The summed E-state index contributed by atoms with van der Waals surface area (Å²) in [5.41, 5.74) is 1.42. The molecule has 0 saturated carbocycles. The largest absolute Gasteiger partial charge is 0.349 e. The first kappa shape index (κ1) is 18.8. The highest BCUT2D eigenvalue weighted by Gasteiger charge is 2.16. The molecule has 1 atom stereocenters. The van der Waals surface area contributed by atoms with Crippen molar-refractivity contribution in [2.75, 3.05) is 0 Å². The third-order valence-corrected chi connectivity index (χ3v) is 4.42. The highest BCUT2D eigenvalue weighted by molar-refractivity contribution is 5.77. The van der Waals surface area contributed by atoms with Gasteiger partial charge in [-0.05, 0) is 30.0 Å². The van der Waals surface area contributed by atoms with Crippen LogP contribution in [0.25, 0.3) is 10.9 Å². The van der Waals surface area contributed by atoms with Gasteiger partial charge in [0.05, 0.1) is 18.0 Å². The maximum absolute atomic E-state index is 12.5. The van der Waals surface area contributed by atoms with Gasteiger partial charge in [0.25, 0.3) is 5.56 Å². The Balaban J connectivity index is 1.68. The quantitative estimate of drug-likeness (QED) is 0.699. The molecular weight excluding hydrogens is 340 g/mol. The number of aryl methyl sites for hydroxylation is 1. The number of hydrogen-bond donors (Lipinski definition) is 1. The molecule has 0 radical (unpaired) electrons. The first-order valence-corrected chi connectivity index (χ1v) is 9.21. The predicted octanol–water partition coefficient (Wildman–Crippen LogP) is 3.09. The second-order valence-electron chi connectivity index (χ2n) is 7.05. The Labute approximate surface area is 158 Å². The number of carbonyl (C=O) groups excluding carboxylic acids is 1. The normalized spacial score (nSPS) is 12.3. The Kier molecular flexibility index (Phi) is 5.96. The molecule has 140 valence electrons. The van der Waals surface area contributed by atoms with Crippen molar-refractivity contribution in [1.82, 2.24) is 20.3 Å². The van der Waals surface area contributed by atoms with Crippen LogP contribution < -0.4 is 10.9 Å².